The predicted octanol–water partition coefficient (Wildman–Crippen LogP) is 2.20. The number of anilines is 1. The van der Waals surface area contributed by atoms with Crippen molar-refractivity contribution in [2.24, 2.45) is 0 Å². The first-order chi connectivity index (χ1) is 13.0. The number of nitrogens with one attached hydrogen (secondary N) is 1. The number of hydrogen-bond donors (Lipinski definition) is 1. The summed E-state index contributed by atoms with van der Waals surface area (Å²) < 4.78 is 9.54. The number of fused-ring (bicyclic) bond motifs is 1. The molecule has 0 aliphatic heterocycles. The Morgan fingerprint density at radius 2 is 1.93 bits per heavy atom. The minimum absolute atomic E-state index is 0.0193. The number of hydrogen-bond acceptors (Lipinski definition) is 8. The Bertz CT molecular complexity index is 1000. The fourth-order valence-electron chi connectivity index (χ4n) is 2.21. The van der Waals surface area contributed by atoms with Crippen molar-refractivity contribution in [2.75, 3.05) is 19.0 Å². The largest absolute Gasteiger partial charge is 0.469 e. The maximum Gasteiger partial charge on any atom is 0.357 e. The van der Waals surface area contributed by atoms with Gasteiger partial charge in [0.2, 0.25) is 0 Å². The number of pyridine rings is 1. The van der Waals surface area contributed by atoms with Crippen molar-refractivity contribution in [2.45, 2.75) is 6.42 Å². The van der Waals surface area contributed by atoms with Crippen LogP contribution in [0.15, 0.2) is 41.8 Å². The fraction of sp³-hybridized carbons (Fsp3) is 0.167. The van der Waals surface area contributed by atoms with Gasteiger partial charge in [0, 0.05) is 10.8 Å². The summed E-state index contributed by atoms with van der Waals surface area (Å²) in [6, 6.07) is 10.7. The third-order valence-electron chi connectivity index (χ3n) is 3.49. The molecule has 27 heavy (non-hydrogen) atoms. The van der Waals surface area contributed by atoms with Crippen molar-refractivity contribution >= 4 is 45.2 Å². The molecule has 0 atom stereocenters. The molecule has 0 bridgehead atoms. The van der Waals surface area contributed by atoms with Gasteiger partial charge in [-0.25, -0.2) is 14.8 Å². The van der Waals surface area contributed by atoms with Crippen molar-refractivity contribution in [1.82, 2.24) is 9.97 Å². The molecule has 0 saturated heterocycles. The molecule has 1 amide bonds. The molecule has 0 aliphatic carbocycles. The molecule has 2 aromatic heterocycles. The number of para-hydroxylation sites is 1. The van der Waals surface area contributed by atoms with Gasteiger partial charge in [-0.05, 0) is 12.1 Å². The van der Waals surface area contributed by atoms with Gasteiger partial charge in [-0.1, -0.05) is 24.3 Å². The number of thiazole rings is 1. The highest BCUT2D eigenvalue weighted by Gasteiger charge is 2.14. The number of esters is 2. The molecule has 0 fully saturated rings. The van der Waals surface area contributed by atoms with Gasteiger partial charge in [-0.15, -0.1) is 11.3 Å². The molecule has 1 aromatic carbocycles. The zero-order chi connectivity index (χ0) is 19.2. The highest BCUT2D eigenvalue weighted by Crippen LogP contribution is 2.16. The minimum Gasteiger partial charge on any atom is -0.469 e. The second-order valence-electron chi connectivity index (χ2n) is 5.41. The van der Waals surface area contributed by atoms with Crippen LogP contribution in [-0.2, 0) is 25.5 Å². The third kappa shape index (κ3) is 4.85. The number of carbonyl (C=O) groups excluding carboxylic acids is 3. The first kappa shape index (κ1) is 18.5. The van der Waals surface area contributed by atoms with Crippen LogP contribution in [0.1, 0.15) is 16.2 Å². The Morgan fingerprint density at radius 1 is 1.11 bits per heavy atom. The summed E-state index contributed by atoms with van der Waals surface area (Å²) in [5.41, 5.74) is 1.27. The maximum atomic E-state index is 12.1. The molecule has 3 aromatic rings. The number of amides is 1. The number of carbonyl (C=O) groups is 3. The number of aromatic nitrogens is 2. The zero-order valence-electron chi connectivity index (χ0n) is 14.3. The molecule has 0 spiro atoms. The Hall–Kier alpha value is -3.33. The van der Waals surface area contributed by atoms with Gasteiger partial charge in [0.25, 0.3) is 5.91 Å². The molecule has 1 N–H and O–H groups in total. The van der Waals surface area contributed by atoms with Gasteiger partial charge in [0.05, 0.1) is 24.7 Å². The molecule has 0 unspecified atom stereocenters. The normalized spacial score (nSPS) is 10.4. The van der Waals surface area contributed by atoms with E-state index in [0.717, 1.165) is 16.7 Å². The lowest BCUT2D eigenvalue weighted by molar-refractivity contribution is -0.139. The highest BCUT2D eigenvalue weighted by molar-refractivity contribution is 7.13. The van der Waals surface area contributed by atoms with Crippen LogP contribution in [0.3, 0.4) is 0 Å². The van der Waals surface area contributed by atoms with Crippen LogP contribution in [0, 0.1) is 0 Å². The summed E-state index contributed by atoms with van der Waals surface area (Å²) in [5, 5.41) is 5.35. The quantitative estimate of drug-likeness (QED) is 0.648. The van der Waals surface area contributed by atoms with Crippen molar-refractivity contribution in [3.8, 4) is 0 Å². The van der Waals surface area contributed by atoms with Gasteiger partial charge in [-0.3, -0.25) is 14.9 Å². The van der Waals surface area contributed by atoms with Crippen LogP contribution in [0.2, 0.25) is 0 Å². The molecular formula is C18H15N3O5S. The number of nitrogens with zero attached hydrogens (tertiary/aromatic N) is 2. The van der Waals surface area contributed by atoms with Crippen LogP contribution >= 0.6 is 11.3 Å². The van der Waals surface area contributed by atoms with E-state index in [1.54, 1.807) is 23.6 Å². The molecule has 138 valence electrons. The zero-order valence-corrected chi connectivity index (χ0v) is 15.1. The SMILES string of the molecule is COC(=O)Cc1csc(NC(=O)COC(=O)c2ccc3ccccc3n2)n1. The molecule has 0 aliphatic rings. The molecule has 8 nitrogen and oxygen atoms in total. The Kier molecular flexibility index (Phi) is 5.72. The van der Waals surface area contributed by atoms with Crippen molar-refractivity contribution < 1.29 is 23.9 Å². The summed E-state index contributed by atoms with van der Waals surface area (Å²) in [6.45, 7) is -0.473. The standard InChI is InChI=1S/C18H15N3O5S/c1-25-16(23)8-12-10-27-18(19-12)21-15(22)9-26-17(24)14-7-6-11-4-2-3-5-13(11)20-14/h2-7,10H,8-9H2,1H3,(H,19,21,22). The summed E-state index contributed by atoms with van der Waals surface area (Å²) in [4.78, 5) is 43.5. The maximum absolute atomic E-state index is 12.1. The highest BCUT2D eigenvalue weighted by atomic mass is 32.1. The number of ether oxygens (including phenoxy) is 2. The van der Waals surface area contributed by atoms with Crippen LogP contribution in [-0.4, -0.2) is 41.5 Å². The van der Waals surface area contributed by atoms with E-state index >= 15 is 0 Å². The van der Waals surface area contributed by atoms with E-state index in [1.807, 2.05) is 18.2 Å². The summed E-state index contributed by atoms with van der Waals surface area (Å²) in [6.07, 6.45) is 0.0193. The first-order valence-corrected chi connectivity index (χ1v) is 8.77. The molecule has 3 rings (SSSR count). The number of methoxy groups -OCH3 is 1. The van der Waals surface area contributed by atoms with Crippen LogP contribution in [0.4, 0.5) is 5.13 Å². The average molecular weight is 385 g/mol. The Morgan fingerprint density at radius 3 is 2.74 bits per heavy atom. The van der Waals surface area contributed by atoms with Gasteiger partial charge >= 0.3 is 11.9 Å². The van der Waals surface area contributed by atoms with E-state index in [9.17, 15) is 14.4 Å². The van der Waals surface area contributed by atoms with Crippen LogP contribution in [0.25, 0.3) is 10.9 Å². The van der Waals surface area contributed by atoms with Crippen molar-refractivity contribution in [1.29, 1.82) is 0 Å². The van der Waals surface area contributed by atoms with Gasteiger partial charge < -0.3 is 9.47 Å². The van der Waals surface area contributed by atoms with Crippen LogP contribution in [0.5, 0.6) is 0 Å². The second kappa shape index (κ2) is 8.37. The van der Waals surface area contributed by atoms with E-state index in [0.29, 0.717) is 16.3 Å². The monoisotopic (exact) mass is 385 g/mol. The minimum atomic E-state index is -0.693. The lowest BCUT2D eigenvalue weighted by atomic mass is 10.2. The fourth-order valence-corrected chi connectivity index (χ4v) is 2.93. The van der Waals surface area contributed by atoms with Crippen molar-refractivity contribution in [3.05, 3.63) is 53.2 Å². The Labute approximate surface area is 158 Å². The molecule has 0 saturated carbocycles. The van der Waals surface area contributed by atoms with Gasteiger partial charge in [0.1, 0.15) is 5.69 Å². The van der Waals surface area contributed by atoms with Gasteiger partial charge in [-0.2, -0.15) is 0 Å². The topological polar surface area (TPSA) is 107 Å². The van der Waals surface area contributed by atoms with Crippen molar-refractivity contribution in [3.63, 3.8) is 0 Å². The lowest BCUT2D eigenvalue weighted by Crippen LogP contribution is -2.21. The summed E-state index contributed by atoms with van der Waals surface area (Å²) in [7, 11) is 1.29. The second-order valence-corrected chi connectivity index (χ2v) is 6.27. The molecule has 2 heterocycles. The molecule has 9 heteroatoms. The van der Waals surface area contributed by atoms with E-state index in [-0.39, 0.29) is 12.1 Å². The predicted molar refractivity (Wildman–Crippen MR) is 98.5 cm³/mol. The molecule has 0 radical (unpaired) electrons. The van der Waals surface area contributed by atoms with E-state index in [4.69, 9.17) is 4.74 Å². The van der Waals surface area contributed by atoms with E-state index < -0.39 is 24.5 Å². The first-order valence-electron chi connectivity index (χ1n) is 7.89. The number of benzene rings is 1. The Balaban J connectivity index is 1.53. The average Bonchev–Trinajstić information content (AvgIpc) is 3.12. The smallest absolute Gasteiger partial charge is 0.357 e. The van der Waals surface area contributed by atoms with Crippen LogP contribution < -0.4 is 5.32 Å². The summed E-state index contributed by atoms with van der Waals surface area (Å²) >= 11 is 1.16. The third-order valence-corrected chi connectivity index (χ3v) is 4.30. The van der Waals surface area contributed by atoms with E-state index in [2.05, 4.69) is 20.0 Å². The summed E-state index contributed by atoms with van der Waals surface area (Å²) in [5.74, 6) is -1.65. The van der Waals surface area contributed by atoms with Gasteiger partial charge in [0.15, 0.2) is 11.7 Å². The lowest BCUT2D eigenvalue weighted by Gasteiger charge is -2.05. The van der Waals surface area contributed by atoms with E-state index in [1.165, 1.54) is 7.11 Å². The molecular weight excluding hydrogens is 370 g/mol. The number of rotatable bonds is 6.